The highest BCUT2D eigenvalue weighted by Crippen LogP contribution is 2.37. The molecular weight excluding hydrogens is 377 g/mol. The van der Waals surface area contributed by atoms with Gasteiger partial charge in [0, 0.05) is 30.3 Å². The van der Waals surface area contributed by atoms with Crippen LogP contribution >= 0.6 is 0 Å². The molecule has 7 heteroatoms. The molecule has 1 unspecified atom stereocenters. The summed E-state index contributed by atoms with van der Waals surface area (Å²) in [6.45, 7) is 6.87. The summed E-state index contributed by atoms with van der Waals surface area (Å²) in [5.41, 5.74) is 3.58. The number of likely N-dealkylation sites (N-methyl/N-ethyl adjacent to an activating group) is 1. The monoisotopic (exact) mass is 404 g/mol. The van der Waals surface area contributed by atoms with Crippen LogP contribution in [0.15, 0.2) is 18.2 Å². The minimum atomic E-state index is -4.34. The van der Waals surface area contributed by atoms with E-state index in [1.165, 1.54) is 24.1 Å². The van der Waals surface area contributed by atoms with Crippen molar-refractivity contribution in [1.29, 1.82) is 0 Å². The van der Waals surface area contributed by atoms with Crippen molar-refractivity contribution in [2.75, 3.05) is 31.6 Å². The van der Waals surface area contributed by atoms with Crippen LogP contribution in [0.5, 0.6) is 0 Å². The summed E-state index contributed by atoms with van der Waals surface area (Å²) in [6, 6.07) is 4.30. The second-order valence-corrected chi connectivity index (χ2v) is 8.36. The molecule has 4 nitrogen and oxygen atoms in total. The van der Waals surface area contributed by atoms with Crippen LogP contribution in [-0.2, 0) is 12.6 Å². The number of hydrogen-bond acceptors (Lipinski definition) is 4. The third-order valence-corrected chi connectivity index (χ3v) is 6.27. The van der Waals surface area contributed by atoms with Gasteiger partial charge in [0.1, 0.15) is 0 Å². The summed E-state index contributed by atoms with van der Waals surface area (Å²) in [5.74, 6) is 0.961. The summed E-state index contributed by atoms with van der Waals surface area (Å²) in [7, 11) is 2.16. The molecule has 3 heterocycles. The van der Waals surface area contributed by atoms with E-state index in [4.69, 9.17) is 0 Å². The van der Waals surface area contributed by atoms with E-state index in [1.807, 2.05) is 6.92 Å². The standard InChI is InChI=1S/C22H27F3N4/c1-14-12-16(22(23,24)25)8-9-18(14)20-15(2)19-7-5-11-29(21(19)27-26-20)17-6-4-10-28(3)13-17/h8-9,12,17H,4-7,10-11,13H2,1-3H3. The van der Waals surface area contributed by atoms with Gasteiger partial charge in [-0.1, -0.05) is 6.07 Å². The lowest BCUT2D eigenvalue weighted by molar-refractivity contribution is -0.137. The first kappa shape index (κ1) is 20.1. The van der Waals surface area contributed by atoms with Crippen LogP contribution in [-0.4, -0.2) is 47.8 Å². The highest BCUT2D eigenvalue weighted by Gasteiger charge is 2.32. The molecule has 29 heavy (non-hydrogen) atoms. The molecule has 4 rings (SSSR count). The van der Waals surface area contributed by atoms with Crippen molar-refractivity contribution in [2.45, 2.75) is 51.7 Å². The summed E-state index contributed by atoms with van der Waals surface area (Å²) in [4.78, 5) is 4.76. The average molecular weight is 404 g/mol. The fourth-order valence-electron chi connectivity index (χ4n) is 4.72. The molecule has 0 spiro atoms. The number of alkyl halides is 3. The number of anilines is 1. The van der Waals surface area contributed by atoms with E-state index in [0.717, 1.165) is 61.9 Å². The maximum Gasteiger partial charge on any atom is 0.416 e. The van der Waals surface area contributed by atoms with Gasteiger partial charge in [0.2, 0.25) is 0 Å². The quantitative estimate of drug-likeness (QED) is 0.731. The maximum absolute atomic E-state index is 13.0. The van der Waals surface area contributed by atoms with Gasteiger partial charge >= 0.3 is 6.18 Å². The fourth-order valence-corrected chi connectivity index (χ4v) is 4.72. The molecule has 2 aliphatic rings. The summed E-state index contributed by atoms with van der Waals surface area (Å²) in [5, 5.41) is 9.08. The molecule has 2 aromatic rings. The van der Waals surface area contributed by atoms with Gasteiger partial charge in [0.25, 0.3) is 0 Å². The van der Waals surface area contributed by atoms with Crippen LogP contribution in [0.25, 0.3) is 11.3 Å². The van der Waals surface area contributed by atoms with Crippen LogP contribution in [0.1, 0.15) is 41.5 Å². The number of fused-ring (bicyclic) bond motifs is 1. The number of benzene rings is 1. The first-order valence-electron chi connectivity index (χ1n) is 10.2. The van der Waals surface area contributed by atoms with Gasteiger partial charge in [0.15, 0.2) is 5.82 Å². The Kier molecular flexibility index (Phi) is 5.27. The van der Waals surface area contributed by atoms with Gasteiger partial charge in [-0.2, -0.15) is 13.2 Å². The zero-order valence-electron chi connectivity index (χ0n) is 17.2. The largest absolute Gasteiger partial charge is 0.416 e. The Labute approximate surface area is 169 Å². The van der Waals surface area contributed by atoms with E-state index >= 15 is 0 Å². The van der Waals surface area contributed by atoms with Crippen LogP contribution < -0.4 is 4.90 Å². The first-order chi connectivity index (χ1) is 13.8. The lowest BCUT2D eigenvalue weighted by Gasteiger charge is -2.41. The Morgan fingerprint density at radius 3 is 2.55 bits per heavy atom. The van der Waals surface area contributed by atoms with Crippen molar-refractivity contribution >= 4 is 5.82 Å². The van der Waals surface area contributed by atoms with Crippen LogP contribution in [0.3, 0.4) is 0 Å². The molecule has 1 atom stereocenters. The number of aryl methyl sites for hydroxylation is 1. The van der Waals surface area contributed by atoms with Crippen LogP contribution in [0.2, 0.25) is 0 Å². The minimum Gasteiger partial charge on any atom is -0.351 e. The number of halogens is 3. The number of nitrogens with zero attached hydrogens (tertiary/aromatic N) is 4. The molecule has 0 saturated carbocycles. The number of likely N-dealkylation sites (tertiary alicyclic amines) is 1. The highest BCUT2D eigenvalue weighted by atomic mass is 19.4. The zero-order chi connectivity index (χ0) is 20.8. The number of aromatic nitrogens is 2. The minimum absolute atomic E-state index is 0.445. The predicted molar refractivity (Wildman–Crippen MR) is 108 cm³/mol. The van der Waals surface area contributed by atoms with Gasteiger partial charge in [-0.05, 0) is 76.4 Å². The van der Waals surface area contributed by atoms with Crippen molar-refractivity contribution in [3.63, 3.8) is 0 Å². The molecule has 1 aromatic heterocycles. The Balaban J connectivity index is 1.70. The van der Waals surface area contributed by atoms with Crippen molar-refractivity contribution < 1.29 is 13.2 Å². The number of rotatable bonds is 2. The lowest BCUT2D eigenvalue weighted by atomic mass is 9.93. The van der Waals surface area contributed by atoms with E-state index in [1.54, 1.807) is 6.92 Å². The summed E-state index contributed by atoms with van der Waals surface area (Å²) in [6.07, 6.45) is -0.00630. The van der Waals surface area contributed by atoms with Gasteiger partial charge in [0.05, 0.1) is 11.3 Å². The fraction of sp³-hybridized carbons (Fsp3) is 0.545. The third kappa shape index (κ3) is 3.84. The van der Waals surface area contributed by atoms with Gasteiger partial charge in [-0.25, -0.2) is 0 Å². The first-order valence-corrected chi connectivity index (χ1v) is 10.2. The average Bonchev–Trinajstić information content (AvgIpc) is 2.68. The molecule has 1 aromatic carbocycles. The molecule has 0 aliphatic carbocycles. The Bertz CT molecular complexity index is 910. The molecule has 0 N–H and O–H groups in total. The van der Waals surface area contributed by atoms with Gasteiger partial charge in [-0.3, -0.25) is 0 Å². The van der Waals surface area contributed by atoms with Gasteiger partial charge in [-0.15, -0.1) is 10.2 Å². The maximum atomic E-state index is 13.0. The Morgan fingerprint density at radius 2 is 1.86 bits per heavy atom. The van der Waals surface area contributed by atoms with Crippen molar-refractivity contribution in [1.82, 2.24) is 15.1 Å². The Morgan fingerprint density at radius 1 is 1.07 bits per heavy atom. The van der Waals surface area contributed by atoms with Crippen LogP contribution in [0.4, 0.5) is 19.0 Å². The molecular formula is C22H27F3N4. The molecule has 0 bridgehead atoms. The summed E-state index contributed by atoms with van der Waals surface area (Å²) < 4.78 is 39.1. The molecule has 0 amide bonds. The van der Waals surface area contributed by atoms with E-state index in [2.05, 4.69) is 27.0 Å². The topological polar surface area (TPSA) is 32.3 Å². The number of piperidine rings is 1. The molecule has 1 fully saturated rings. The Hall–Kier alpha value is -2.15. The van der Waals surface area contributed by atoms with Gasteiger partial charge < -0.3 is 9.80 Å². The third-order valence-electron chi connectivity index (χ3n) is 6.27. The molecule has 0 radical (unpaired) electrons. The highest BCUT2D eigenvalue weighted by molar-refractivity contribution is 5.70. The van der Waals surface area contributed by atoms with E-state index in [0.29, 0.717) is 17.3 Å². The lowest BCUT2D eigenvalue weighted by Crippen LogP contribution is -2.49. The van der Waals surface area contributed by atoms with Crippen LogP contribution in [0, 0.1) is 13.8 Å². The van der Waals surface area contributed by atoms with Crippen molar-refractivity contribution in [2.24, 2.45) is 0 Å². The molecule has 2 aliphatic heterocycles. The second kappa shape index (κ2) is 7.59. The second-order valence-electron chi connectivity index (χ2n) is 8.36. The predicted octanol–water partition coefficient (Wildman–Crippen LogP) is 4.63. The van der Waals surface area contributed by atoms with E-state index < -0.39 is 11.7 Å². The van der Waals surface area contributed by atoms with E-state index in [-0.39, 0.29) is 0 Å². The summed E-state index contributed by atoms with van der Waals surface area (Å²) >= 11 is 0. The normalized spacial score (nSPS) is 20.6. The smallest absolute Gasteiger partial charge is 0.351 e. The zero-order valence-corrected chi connectivity index (χ0v) is 17.2. The van der Waals surface area contributed by atoms with E-state index in [9.17, 15) is 13.2 Å². The molecule has 156 valence electrons. The van der Waals surface area contributed by atoms with Crippen molar-refractivity contribution in [3.8, 4) is 11.3 Å². The SMILES string of the molecule is Cc1cc(C(F)(F)F)ccc1-c1nnc2c(c1C)CCCN2C1CCCN(C)C1. The molecule has 1 saturated heterocycles. The van der Waals surface area contributed by atoms with Crippen molar-refractivity contribution in [3.05, 3.63) is 40.5 Å². The number of hydrogen-bond donors (Lipinski definition) is 0.